The van der Waals surface area contributed by atoms with Crippen molar-refractivity contribution in [3.63, 3.8) is 0 Å². The smallest absolute Gasteiger partial charge is 0.237 e. The van der Waals surface area contributed by atoms with Gasteiger partial charge in [0, 0.05) is 26.4 Å². The summed E-state index contributed by atoms with van der Waals surface area (Å²) < 4.78 is 4.86. The number of rotatable bonds is 8. The second kappa shape index (κ2) is 8.50. The molecule has 0 aromatic rings. The highest BCUT2D eigenvalue weighted by atomic mass is 16.5. The minimum absolute atomic E-state index is 0.0221. The lowest BCUT2D eigenvalue weighted by Crippen LogP contribution is -2.47. The minimum atomic E-state index is -0.542. The maximum Gasteiger partial charge on any atom is 0.237 e. The SMILES string of the molecule is COCCC(N)C(=O)NC(CCO)C(C)C. The largest absolute Gasteiger partial charge is 0.396 e. The van der Waals surface area contributed by atoms with Gasteiger partial charge in [-0.05, 0) is 18.8 Å². The lowest BCUT2D eigenvalue weighted by atomic mass is 10.0. The van der Waals surface area contributed by atoms with E-state index in [4.69, 9.17) is 15.6 Å². The number of carbonyl (C=O) groups excluding carboxylic acids is 1. The summed E-state index contributed by atoms with van der Waals surface area (Å²) in [6.45, 7) is 4.54. The zero-order valence-corrected chi connectivity index (χ0v) is 10.4. The predicted molar refractivity (Wildman–Crippen MR) is 62.9 cm³/mol. The zero-order valence-electron chi connectivity index (χ0n) is 10.4. The standard InChI is InChI=1S/C11H24N2O3/c1-8(2)10(4-6-14)13-11(15)9(12)5-7-16-3/h8-10,14H,4-7,12H2,1-3H3,(H,13,15). The van der Waals surface area contributed by atoms with Gasteiger partial charge in [-0.2, -0.15) is 0 Å². The van der Waals surface area contributed by atoms with E-state index in [0.717, 1.165) is 0 Å². The van der Waals surface area contributed by atoms with E-state index in [9.17, 15) is 4.79 Å². The molecule has 96 valence electrons. The molecule has 1 amide bonds. The molecule has 0 aromatic carbocycles. The average molecular weight is 232 g/mol. The number of carbonyl (C=O) groups is 1. The Morgan fingerprint density at radius 1 is 1.44 bits per heavy atom. The Morgan fingerprint density at radius 3 is 2.50 bits per heavy atom. The van der Waals surface area contributed by atoms with Gasteiger partial charge in [0.05, 0.1) is 6.04 Å². The molecule has 2 atom stereocenters. The van der Waals surface area contributed by atoms with Crippen molar-refractivity contribution in [2.45, 2.75) is 38.8 Å². The van der Waals surface area contributed by atoms with Crippen LogP contribution in [0.1, 0.15) is 26.7 Å². The molecule has 0 aliphatic rings. The van der Waals surface area contributed by atoms with Gasteiger partial charge in [-0.25, -0.2) is 0 Å². The molecule has 0 bridgehead atoms. The van der Waals surface area contributed by atoms with Gasteiger partial charge in [0.15, 0.2) is 0 Å². The molecule has 0 radical (unpaired) electrons. The van der Waals surface area contributed by atoms with Crippen molar-refractivity contribution in [2.24, 2.45) is 11.7 Å². The topological polar surface area (TPSA) is 84.6 Å². The molecule has 0 saturated carbocycles. The average Bonchev–Trinajstić information content (AvgIpc) is 2.24. The predicted octanol–water partition coefficient (Wildman–Crippen LogP) is -0.127. The van der Waals surface area contributed by atoms with Crippen LogP contribution in [0.15, 0.2) is 0 Å². The van der Waals surface area contributed by atoms with Crippen LogP contribution >= 0.6 is 0 Å². The summed E-state index contributed by atoms with van der Waals surface area (Å²) >= 11 is 0. The van der Waals surface area contributed by atoms with E-state index in [2.05, 4.69) is 5.32 Å². The first-order chi connectivity index (χ1) is 7.52. The monoisotopic (exact) mass is 232 g/mol. The van der Waals surface area contributed by atoms with E-state index in [1.807, 2.05) is 13.8 Å². The number of hydrogen-bond acceptors (Lipinski definition) is 4. The highest BCUT2D eigenvalue weighted by Gasteiger charge is 2.19. The number of amides is 1. The third kappa shape index (κ3) is 6.05. The van der Waals surface area contributed by atoms with Crippen molar-refractivity contribution in [3.05, 3.63) is 0 Å². The number of hydrogen-bond donors (Lipinski definition) is 3. The van der Waals surface area contributed by atoms with Crippen LogP contribution in [0.5, 0.6) is 0 Å². The fourth-order valence-corrected chi connectivity index (χ4v) is 1.38. The van der Waals surface area contributed by atoms with Gasteiger partial charge in [-0.15, -0.1) is 0 Å². The van der Waals surface area contributed by atoms with E-state index >= 15 is 0 Å². The summed E-state index contributed by atoms with van der Waals surface area (Å²) in [5.41, 5.74) is 5.69. The first-order valence-corrected chi connectivity index (χ1v) is 5.68. The highest BCUT2D eigenvalue weighted by molar-refractivity contribution is 5.81. The van der Waals surface area contributed by atoms with Crippen molar-refractivity contribution in [1.82, 2.24) is 5.32 Å². The summed E-state index contributed by atoms with van der Waals surface area (Å²) in [7, 11) is 1.58. The quantitative estimate of drug-likeness (QED) is 0.544. The number of aliphatic hydroxyl groups excluding tert-OH is 1. The number of nitrogens with one attached hydrogen (secondary N) is 1. The van der Waals surface area contributed by atoms with Gasteiger partial charge in [-0.3, -0.25) is 4.79 Å². The van der Waals surface area contributed by atoms with Crippen LogP contribution in [0.4, 0.5) is 0 Å². The van der Waals surface area contributed by atoms with E-state index in [1.54, 1.807) is 7.11 Å². The number of aliphatic hydroxyl groups is 1. The molecule has 0 spiro atoms. The van der Waals surface area contributed by atoms with Gasteiger partial charge < -0.3 is 20.9 Å². The lowest BCUT2D eigenvalue weighted by molar-refractivity contribution is -0.123. The first-order valence-electron chi connectivity index (χ1n) is 5.68. The van der Waals surface area contributed by atoms with Crippen molar-refractivity contribution in [1.29, 1.82) is 0 Å². The van der Waals surface area contributed by atoms with Crippen LogP contribution < -0.4 is 11.1 Å². The molecule has 4 N–H and O–H groups in total. The molecular formula is C11H24N2O3. The van der Waals surface area contributed by atoms with E-state index in [1.165, 1.54) is 0 Å². The van der Waals surface area contributed by atoms with Gasteiger partial charge in [0.1, 0.15) is 0 Å². The molecule has 0 heterocycles. The lowest BCUT2D eigenvalue weighted by Gasteiger charge is -2.23. The molecule has 16 heavy (non-hydrogen) atoms. The third-order valence-corrected chi connectivity index (χ3v) is 2.54. The molecule has 5 nitrogen and oxygen atoms in total. The number of nitrogens with two attached hydrogens (primary N) is 1. The fraction of sp³-hybridized carbons (Fsp3) is 0.909. The second-order valence-electron chi connectivity index (χ2n) is 4.26. The molecule has 0 rings (SSSR count). The van der Waals surface area contributed by atoms with Crippen molar-refractivity contribution < 1.29 is 14.6 Å². The minimum Gasteiger partial charge on any atom is -0.396 e. The Morgan fingerprint density at radius 2 is 2.06 bits per heavy atom. The van der Waals surface area contributed by atoms with E-state index < -0.39 is 6.04 Å². The Kier molecular flexibility index (Phi) is 8.15. The summed E-state index contributed by atoms with van der Waals surface area (Å²) in [5.74, 6) is 0.106. The van der Waals surface area contributed by atoms with Gasteiger partial charge in [0.25, 0.3) is 0 Å². The zero-order chi connectivity index (χ0) is 12.6. The summed E-state index contributed by atoms with van der Waals surface area (Å²) in [6.07, 6.45) is 1.06. The van der Waals surface area contributed by atoms with Crippen LogP contribution in [0, 0.1) is 5.92 Å². The van der Waals surface area contributed by atoms with Gasteiger partial charge in [-0.1, -0.05) is 13.8 Å². The summed E-state index contributed by atoms with van der Waals surface area (Å²) in [6, 6.07) is -0.564. The molecule has 0 aliphatic heterocycles. The Labute approximate surface area is 97.3 Å². The number of ether oxygens (including phenoxy) is 1. The van der Waals surface area contributed by atoms with Crippen molar-refractivity contribution >= 4 is 5.91 Å². The van der Waals surface area contributed by atoms with E-state index in [-0.39, 0.29) is 24.5 Å². The van der Waals surface area contributed by atoms with Crippen LogP contribution in [0.2, 0.25) is 0 Å². The second-order valence-corrected chi connectivity index (χ2v) is 4.26. The van der Waals surface area contributed by atoms with Crippen LogP contribution in [-0.4, -0.2) is 43.4 Å². The summed E-state index contributed by atoms with van der Waals surface area (Å²) in [5, 5.41) is 11.7. The molecule has 0 aliphatic carbocycles. The molecule has 0 saturated heterocycles. The summed E-state index contributed by atoms with van der Waals surface area (Å²) in [4.78, 5) is 11.7. The molecule has 0 aromatic heterocycles. The molecular weight excluding hydrogens is 208 g/mol. The third-order valence-electron chi connectivity index (χ3n) is 2.54. The Bertz CT molecular complexity index is 198. The molecule has 0 fully saturated rings. The van der Waals surface area contributed by atoms with Crippen molar-refractivity contribution in [2.75, 3.05) is 20.3 Å². The maximum absolute atomic E-state index is 11.7. The Balaban J connectivity index is 4.07. The molecule has 2 unspecified atom stereocenters. The van der Waals surface area contributed by atoms with Crippen molar-refractivity contribution in [3.8, 4) is 0 Å². The van der Waals surface area contributed by atoms with E-state index in [0.29, 0.717) is 19.4 Å². The van der Waals surface area contributed by atoms with Gasteiger partial charge >= 0.3 is 0 Å². The maximum atomic E-state index is 11.7. The first kappa shape index (κ1) is 15.3. The highest BCUT2D eigenvalue weighted by Crippen LogP contribution is 2.06. The van der Waals surface area contributed by atoms with Crippen LogP contribution in [0.25, 0.3) is 0 Å². The van der Waals surface area contributed by atoms with Crippen LogP contribution in [-0.2, 0) is 9.53 Å². The van der Waals surface area contributed by atoms with Crippen LogP contribution in [0.3, 0.4) is 0 Å². The molecule has 5 heteroatoms. The normalized spacial score (nSPS) is 14.9. The number of methoxy groups -OCH3 is 1. The van der Waals surface area contributed by atoms with Gasteiger partial charge in [0.2, 0.25) is 5.91 Å². The Hall–Kier alpha value is -0.650. The fourth-order valence-electron chi connectivity index (χ4n) is 1.38.